The summed E-state index contributed by atoms with van der Waals surface area (Å²) in [5.74, 6) is 3.79. The number of hydrogen-bond acceptors (Lipinski definition) is 7. The van der Waals surface area contributed by atoms with Gasteiger partial charge in [0.2, 0.25) is 0 Å². The zero-order valence-electron chi connectivity index (χ0n) is 15.1. The van der Waals surface area contributed by atoms with E-state index in [0.29, 0.717) is 15.3 Å². The highest BCUT2D eigenvalue weighted by Crippen LogP contribution is 2.21. The largest absolute Gasteiger partial charge is 0.466 e. The molecule has 142 valence electrons. The number of carbonyl (C=O) groups excluding carboxylic acids is 3. The van der Waals surface area contributed by atoms with E-state index in [9.17, 15) is 14.4 Å². The number of aryl methyl sites for hydroxylation is 1. The number of carbonyl (C=O) groups is 3. The Morgan fingerprint density at radius 3 is 2.58 bits per heavy atom. The summed E-state index contributed by atoms with van der Waals surface area (Å²) in [6, 6.07) is 0.792. The minimum Gasteiger partial charge on any atom is -0.466 e. The van der Waals surface area contributed by atoms with Gasteiger partial charge in [0.1, 0.15) is 12.6 Å². The Morgan fingerprint density at radius 1 is 1.27 bits per heavy atom. The second-order valence-electron chi connectivity index (χ2n) is 5.20. The molecular formula is C18H23NO6S. The van der Waals surface area contributed by atoms with Crippen LogP contribution in [-0.2, 0) is 19.1 Å². The van der Waals surface area contributed by atoms with Gasteiger partial charge < -0.3 is 19.9 Å². The normalized spacial score (nSPS) is 11.1. The maximum atomic E-state index is 12.5. The van der Waals surface area contributed by atoms with E-state index in [0.717, 1.165) is 0 Å². The van der Waals surface area contributed by atoms with Crippen LogP contribution in [0.1, 0.15) is 46.8 Å². The van der Waals surface area contributed by atoms with Gasteiger partial charge in [-0.05, 0) is 38.8 Å². The smallest absolute Gasteiger partial charge is 0.328 e. The van der Waals surface area contributed by atoms with Gasteiger partial charge in [0.25, 0.3) is 5.91 Å². The summed E-state index contributed by atoms with van der Waals surface area (Å²) in [6.45, 7) is 5.27. The molecule has 0 aliphatic rings. The van der Waals surface area contributed by atoms with Gasteiger partial charge in [0.15, 0.2) is 0 Å². The lowest BCUT2D eigenvalue weighted by Crippen LogP contribution is -2.42. The fourth-order valence-corrected chi connectivity index (χ4v) is 3.06. The van der Waals surface area contributed by atoms with E-state index < -0.39 is 23.9 Å². The number of nitrogens with one attached hydrogen (secondary N) is 1. The molecule has 7 nitrogen and oxygen atoms in total. The third kappa shape index (κ3) is 6.86. The first-order valence-corrected chi connectivity index (χ1v) is 9.07. The number of ether oxygens (including phenoxy) is 2. The van der Waals surface area contributed by atoms with E-state index in [-0.39, 0.29) is 32.7 Å². The third-order valence-electron chi connectivity index (χ3n) is 3.23. The van der Waals surface area contributed by atoms with Gasteiger partial charge in [-0.1, -0.05) is 11.8 Å². The van der Waals surface area contributed by atoms with Crippen molar-refractivity contribution in [3.63, 3.8) is 0 Å². The van der Waals surface area contributed by atoms with Crippen molar-refractivity contribution in [3.8, 4) is 11.8 Å². The molecule has 1 heterocycles. The van der Waals surface area contributed by atoms with Gasteiger partial charge in [-0.2, -0.15) is 0 Å². The van der Waals surface area contributed by atoms with Crippen LogP contribution < -0.4 is 5.32 Å². The molecule has 0 aliphatic carbocycles. The second-order valence-corrected chi connectivity index (χ2v) is 6.26. The lowest BCUT2D eigenvalue weighted by molar-refractivity contribution is -0.146. The zero-order valence-corrected chi connectivity index (χ0v) is 15.9. The Kier molecular flexibility index (Phi) is 9.41. The Labute approximate surface area is 156 Å². The van der Waals surface area contributed by atoms with Gasteiger partial charge in [-0.3, -0.25) is 9.59 Å². The molecule has 26 heavy (non-hydrogen) atoms. The van der Waals surface area contributed by atoms with Crippen LogP contribution in [0.2, 0.25) is 0 Å². The van der Waals surface area contributed by atoms with E-state index in [2.05, 4.69) is 17.2 Å². The quantitative estimate of drug-likeness (QED) is 0.521. The van der Waals surface area contributed by atoms with Gasteiger partial charge in [-0.15, -0.1) is 11.3 Å². The highest BCUT2D eigenvalue weighted by molar-refractivity contribution is 7.14. The first-order chi connectivity index (χ1) is 12.4. The van der Waals surface area contributed by atoms with Crippen LogP contribution in [0, 0.1) is 18.8 Å². The lowest BCUT2D eigenvalue weighted by Gasteiger charge is -2.16. The summed E-state index contributed by atoms with van der Waals surface area (Å²) in [5, 5.41) is 11.4. The zero-order chi connectivity index (χ0) is 19.5. The van der Waals surface area contributed by atoms with Crippen molar-refractivity contribution in [2.24, 2.45) is 0 Å². The van der Waals surface area contributed by atoms with Crippen LogP contribution in [0.5, 0.6) is 0 Å². The number of aliphatic hydroxyl groups is 1. The van der Waals surface area contributed by atoms with Crippen molar-refractivity contribution in [1.29, 1.82) is 0 Å². The molecule has 0 saturated carbocycles. The summed E-state index contributed by atoms with van der Waals surface area (Å²) < 4.78 is 9.81. The van der Waals surface area contributed by atoms with Crippen molar-refractivity contribution >= 4 is 29.2 Å². The average Bonchev–Trinajstić information content (AvgIpc) is 2.97. The average molecular weight is 381 g/mol. The second kappa shape index (κ2) is 11.3. The van der Waals surface area contributed by atoms with E-state index >= 15 is 0 Å². The number of rotatable bonds is 8. The molecule has 0 saturated heterocycles. The minimum absolute atomic E-state index is 0.00571. The van der Waals surface area contributed by atoms with E-state index in [1.807, 2.05) is 0 Å². The van der Waals surface area contributed by atoms with Crippen LogP contribution in [0.4, 0.5) is 0 Å². The Bertz CT molecular complexity index is 700. The molecule has 0 fully saturated rings. The maximum absolute atomic E-state index is 12.5. The van der Waals surface area contributed by atoms with E-state index in [1.54, 1.807) is 26.8 Å². The fourth-order valence-electron chi connectivity index (χ4n) is 2.11. The molecule has 1 unspecified atom stereocenters. The highest BCUT2D eigenvalue weighted by Gasteiger charge is 2.25. The van der Waals surface area contributed by atoms with Crippen LogP contribution in [0.3, 0.4) is 0 Å². The molecule has 0 radical (unpaired) electrons. The highest BCUT2D eigenvalue weighted by atomic mass is 32.1. The predicted octanol–water partition coefficient (Wildman–Crippen LogP) is 1.41. The standard InChI is InChI=1S/C18H23NO6S/c1-4-24-15(21)9-8-14(18(23)25-5-2)19-17(22)16-12(3)11-13(26-16)7-6-10-20/h11,14,20H,4-5,8-10H2,1-3H3,(H,19,22). The summed E-state index contributed by atoms with van der Waals surface area (Å²) in [4.78, 5) is 37.2. The molecule has 0 bridgehead atoms. The molecular weight excluding hydrogens is 358 g/mol. The minimum atomic E-state index is -0.944. The van der Waals surface area contributed by atoms with Gasteiger partial charge in [0, 0.05) is 6.42 Å². The number of amides is 1. The van der Waals surface area contributed by atoms with Crippen molar-refractivity contribution in [3.05, 3.63) is 21.4 Å². The van der Waals surface area contributed by atoms with Gasteiger partial charge in [0.05, 0.1) is 23.0 Å². The van der Waals surface area contributed by atoms with E-state index in [4.69, 9.17) is 14.6 Å². The van der Waals surface area contributed by atoms with Crippen LogP contribution >= 0.6 is 11.3 Å². The van der Waals surface area contributed by atoms with Gasteiger partial charge in [-0.25, -0.2) is 4.79 Å². The summed E-state index contributed by atoms with van der Waals surface area (Å²) in [7, 11) is 0. The van der Waals surface area contributed by atoms with Gasteiger partial charge >= 0.3 is 11.9 Å². The maximum Gasteiger partial charge on any atom is 0.328 e. The molecule has 2 N–H and O–H groups in total. The molecule has 8 heteroatoms. The van der Waals surface area contributed by atoms with Crippen molar-refractivity contribution < 1.29 is 29.0 Å². The summed E-state index contributed by atoms with van der Waals surface area (Å²) in [6.07, 6.45) is 0.0826. The number of hydrogen-bond donors (Lipinski definition) is 2. The molecule has 1 rings (SSSR count). The molecule has 0 aliphatic heterocycles. The lowest BCUT2D eigenvalue weighted by atomic mass is 10.1. The van der Waals surface area contributed by atoms with Crippen molar-refractivity contribution in [2.75, 3.05) is 19.8 Å². The van der Waals surface area contributed by atoms with E-state index in [1.165, 1.54) is 11.3 Å². The Morgan fingerprint density at radius 2 is 1.96 bits per heavy atom. The van der Waals surface area contributed by atoms with Crippen LogP contribution in [0.25, 0.3) is 0 Å². The molecule has 1 amide bonds. The molecule has 0 aromatic carbocycles. The Balaban J connectivity index is 2.85. The molecule has 1 aromatic heterocycles. The van der Waals surface area contributed by atoms with Crippen molar-refractivity contribution in [1.82, 2.24) is 5.32 Å². The van der Waals surface area contributed by atoms with Crippen LogP contribution in [0.15, 0.2) is 6.07 Å². The summed E-state index contributed by atoms with van der Waals surface area (Å²) >= 11 is 1.17. The monoisotopic (exact) mass is 381 g/mol. The SMILES string of the molecule is CCOC(=O)CCC(NC(=O)c1sc(C#CCO)cc1C)C(=O)OCC. The van der Waals surface area contributed by atoms with Crippen molar-refractivity contribution in [2.45, 2.75) is 39.7 Å². The number of thiophene rings is 1. The van der Waals surface area contributed by atoms with Crippen LogP contribution in [-0.4, -0.2) is 48.8 Å². The first kappa shape index (κ1) is 21.7. The Hall–Kier alpha value is -2.37. The molecule has 1 aromatic rings. The molecule has 0 spiro atoms. The number of esters is 2. The predicted molar refractivity (Wildman–Crippen MR) is 96.8 cm³/mol. The fraction of sp³-hybridized carbons (Fsp3) is 0.500. The number of aliphatic hydroxyl groups excluding tert-OH is 1. The first-order valence-electron chi connectivity index (χ1n) is 8.26. The molecule has 1 atom stereocenters. The topological polar surface area (TPSA) is 102 Å². The summed E-state index contributed by atoms with van der Waals surface area (Å²) in [5.41, 5.74) is 0.711. The third-order valence-corrected chi connectivity index (χ3v) is 4.38.